The normalized spacial score (nSPS) is 16.5. The van der Waals surface area contributed by atoms with Gasteiger partial charge >= 0.3 is 0 Å². The molecule has 7 rings (SSSR count). The van der Waals surface area contributed by atoms with Crippen LogP contribution >= 0.6 is 0 Å². The van der Waals surface area contributed by atoms with Crippen molar-refractivity contribution >= 4 is 34.2 Å². The summed E-state index contributed by atoms with van der Waals surface area (Å²) in [7, 11) is 1.66. The molecule has 1 unspecified atom stereocenters. The Morgan fingerprint density at radius 1 is 1.07 bits per heavy atom. The molecule has 5 heterocycles. The van der Waals surface area contributed by atoms with Gasteiger partial charge in [-0.15, -0.1) is 5.10 Å². The third kappa shape index (κ3) is 4.82. The molecule has 0 radical (unpaired) electrons. The highest BCUT2D eigenvalue weighted by Gasteiger charge is 2.41. The number of furan rings is 1. The van der Waals surface area contributed by atoms with Gasteiger partial charge in [0.2, 0.25) is 17.7 Å². The van der Waals surface area contributed by atoms with Crippen molar-refractivity contribution < 1.29 is 18.7 Å². The maximum atomic E-state index is 13.9. The monoisotopic (exact) mass is 557 g/mol. The molecule has 1 aromatic carbocycles. The number of rotatable bonds is 9. The molecule has 13 heteroatoms. The lowest BCUT2D eigenvalue weighted by atomic mass is 10.1. The van der Waals surface area contributed by atoms with Crippen LogP contribution in [0.4, 0.5) is 11.6 Å². The molecule has 1 aliphatic heterocycles. The van der Waals surface area contributed by atoms with Crippen molar-refractivity contribution in [1.29, 1.82) is 0 Å². The van der Waals surface area contributed by atoms with E-state index in [0.29, 0.717) is 54.6 Å². The highest BCUT2D eigenvalue weighted by atomic mass is 16.5. The van der Waals surface area contributed by atoms with E-state index in [1.807, 2.05) is 23.2 Å². The number of nitrogens with two attached hydrogens (primary N) is 1. The summed E-state index contributed by atoms with van der Waals surface area (Å²) in [4.78, 5) is 27.2. The van der Waals surface area contributed by atoms with E-state index < -0.39 is 6.04 Å². The average Bonchev–Trinajstić information content (AvgIpc) is 3.35. The Labute approximate surface area is 235 Å². The number of fused-ring (bicyclic) bond motifs is 3. The van der Waals surface area contributed by atoms with Gasteiger partial charge in [-0.3, -0.25) is 9.48 Å². The molecule has 41 heavy (non-hydrogen) atoms. The van der Waals surface area contributed by atoms with Gasteiger partial charge in [-0.25, -0.2) is 4.98 Å². The first kappa shape index (κ1) is 25.3. The first-order valence-corrected chi connectivity index (χ1v) is 13.8. The first-order valence-electron chi connectivity index (χ1n) is 13.8. The summed E-state index contributed by atoms with van der Waals surface area (Å²) in [6, 6.07) is 11.2. The van der Waals surface area contributed by atoms with E-state index in [4.69, 9.17) is 24.7 Å². The number of nitrogen functional groups attached to an aromatic ring is 1. The molecular weight excluding hydrogens is 526 g/mol. The average molecular weight is 558 g/mol. The van der Waals surface area contributed by atoms with Crippen molar-refractivity contribution in [3.63, 3.8) is 0 Å². The molecule has 1 aliphatic carbocycles. The molecule has 2 N–H and O–H groups in total. The Balaban J connectivity index is 1.09. The molecule has 1 saturated carbocycles. The number of carbonyl (C=O) groups excluding carboxylic acids is 1. The van der Waals surface area contributed by atoms with Gasteiger partial charge in [0.25, 0.3) is 0 Å². The Morgan fingerprint density at radius 2 is 1.88 bits per heavy atom. The lowest BCUT2D eigenvalue weighted by Crippen LogP contribution is -2.51. The highest BCUT2D eigenvalue weighted by molar-refractivity contribution is 5.91. The maximum absolute atomic E-state index is 13.9. The van der Waals surface area contributed by atoms with Crippen LogP contribution in [0.5, 0.6) is 5.75 Å². The van der Waals surface area contributed by atoms with Crippen molar-refractivity contribution in [2.24, 2.45) is 5.92 Å². The summed E-state index contributed by atoms with van der Waals surface area (Å²) >= 11 is 0. The van der Waals surface area contributed by atoms with E-state index >= 15 is 0 Å². The molecule has 0 spiro atoms. The van der Waals surface area contributed by atoms with Crippen LogP contribution in [-0.4, -0.2) is 86.7 Å². The molecule has 2 fully saturated rings. The van der Waals surface area contributed by atoms with Crippen LogP contribution in [0.1, 0.15) is 18.9 Å². The van der Waals surface area contributed by atoms with Gasteiger partial charge in [-0.05, 0) is 55.2 Å². The standard InChI is InChI=1S/C28H31N9O4/c1-39-15-16-40-20-8-6-19(7-9-20)34-10-12-35(13-11-34)27(38)23(18-4-5-18)36-17-21-24(32-36)31-28(29)37-26(21)30-25(33-37)22-3-2-14-41-22/h2-3,6-9,14,17-18,23H,4-5,10-13,15-16H2,1H3,(H2,29,31,32). The van der Waals surface area contributed by atoms with E-state index in [-0.39, 0.29) is 17.8 Å². The summed E-state index contributed by atoms with van der Waals surface area (Å²) in [5, 5.41) is 9.86. The minimum Gasteiger partial charge on any atom is -0.491 e. The second-order valence-corrected chi connectivity index (χ2v) is 10.4. The number of amides is 1. The van der Waals surface area contributed by atoms with E-state index in [2.05, 4.69) is 32.1 Å². The zero-order valence-electron chi connectivity index (χ0n) is 22.7. The molecule has 13 nitrogen and oxygen atoms in total. The summed E-state index contributed by atoms with van der Waals surface area (Å²) in [6.45, 7) is 3.85. The Hall–Kier alpha value is -4.65. The fourth-order valence-corrected chi connectivity index (χ4v) is 5.39. The van der Waals surface area contributed by atoms with Crippen LogP contribution in [0.15, 0.2) is 53.3 Å². The van der Waals surface area contributed by atoms with Gasteiger partial charge in [-0.1, -0.05) is 0 Å². The number of nitrogens with zero attached hydrogens (tertiary/aromatic N) is 8. The molecular formula is C28H31N9O4. The van der Waals surface area contributed by atoms with Gasteiger partial charge in [0.05, 0.1) is 18.3 Å². The Kier molecular flexibility index (Phi) is 6.42. The third-order valence-corrected chi connectivity index (χ3v) is 7.70. The fraction of sp³-hybridized carbons (Fsp3) is 0.393. The maximum Gasteiger partial charge on any atom is 0.247 e. The summed E-state index contributed by atoms with van der Waals surface area (Å²) in [5.74, 6) is 2.25. The molecule has 1 atom stereocenters. The van der Waals surface area contributed by atoms with Crippen LogP contribution in [0.3, 0.4) is 0 Å². The second kappa shape index (κ2) is 10.4. The second-order valence-electron chi connectivity index (χ2n) is 10.4. The molecule has 5 aromatic rings. The molecule has 1 amide bonds. The minimum atomic E-state index is -0.395. The van der Waals surface area contributed by atoms with Crippen LogP contribution in [0.2, 0.25) is 0 Å². The number of methoxy groups -OCH3 is 1. The van der Waals surface area contributed by atoms with E-state index in [1.165, 1.54) is 4.52 Å². The summed E-state index contributed by atoms with van der Waals surface area (Å²) in [6.07, 6.45) is 5.40. The first-order chi connectivity index (χ1) is 20.1. The van der Waals surface area contributed by atoms with Crippen molar-refractivity contribution in [3.05, 3.63) is 48.9 Å². The quantitative estimate of drug-likeness (QED) is 0.269. The fourth-order valence-electron chi connectivity index (χ4n) is 5.39. The number of ether oxygens (including phenoxy) is 2. The molecule has 1 saturated heterocycles. The van der Waals surface area contributed by atoms with Gasteiger partial charge in [0.1, 0.15) is 18.4 Å². The minimum absolute atomic E-state index is 0.0866. The van der Waals surface area contributed by atoms with Gasteiger partial charge in [0, 0.05) is 45.2 Å². The summed E-state index contributed by atoms with van der Waals surface area (Å²) in [5.41, 5.74) is 8.27. The van der Waals surface area contributed by atoms with E-state index in [1.54, 1.807) is 30.2 Å². The number of aromatic nitrogens is 6. The van der Waals surface area contributed by atoms with E-state index in [9.17, 15) is 4.79 Å². The lowest BCUT2D eigenvalue weighted by Gasteiger charge is -2.37. The molecule has 0 bridgehead atoms. The zero-order chi connectivity index (χ0) is 27.9. The predicted molar refractivity (Wildman–Crippen MR) is 151 cm³/mol. The number of hydrogen-bond donors (Lipinski definition) is 1. The SMILES string of the molecule is COCCOc1ccc(N2CCN(C(=O)C(C3CC3)n3cc4c(nc(N)n5nc(-c6ccco6)nc45)n3)CC2)cc1. The van der Waals surface area contributed by atoms with Crippen molar-refractivity contribution in [1.82, 2.24) is 34.3 Å². The van der Waals surface area contributed by atoms with Crippen LogP contribution in [0.25, 0.3) is 28.3 Å². The molecule has 212 valence electrons. The summed E-state index contributed by atoms with van der Waals surface area (Å²) < 4.78 is 19.4. The molecule has 2 aliphatic rings. The van der Waals surface area contributed by atoms with Crippen molar-refractivity contribution in [2.75, 3.05) is 57.1 Å². The van der Waals surface area contributed by atoms with Gasteiger partial charge in [-0.2, -0.15) is 14.6 Å². The van der Waals surface area contributed by atoms with Crippen molar-refractivity contribution in [2.45, 2.75) is 18.9 Å². The predicted octanol–water partition coefficient (Wildman–Crippen LogP) is 2.64. The van der Waals surface area contributed by atoms with E-state index in [0.717, 1.165) is 37.4 Å². The van der Waals surface area contributed by atoms with Gasteiger partial charge < -0.3 is 29.4 Å². The van der Waals surface area contributed by atoms with Crippen LogP contribution in [-0.2, 0) is 9.53 Å². The molecule has 4 aromatic heterocycles. The third-order valence-electron chi connectivity index (χ3n) is 7.70. The lowest BCUT2D eigenvalue weighted by molar-refractivity contribution is -0.136. The van der Waals surface area contributed by atoms with Gasteiger partial charge in [0.15, 0.2) is 17.1 Å². The Bertz CT molecular complexity index is 1670. The largest absolute Gasteiger partial charge is 0.491 e. The van der Waals surface area contributed by atoms with Crippen LogP contribution < -0.4 is 15.4 Å². The Morgan fingerprint density at radius 3 is 2.59 bits per heavy atom. The number of hydrogen-bond acceptors (Lipinski definition) is 10. The van der Waals surface area contributed by atoms with Crippen molar-refractivity contribution in [3.8, 4) is 17.3 Å². The number of piperazine rings is 1. The highest BCUT2D eigenvalue weighted by Crippen LogP contribution is 2.41. The van der Waals surface area contributed by atoms with Crippen LogP contribution in [0, 0.1) is 5.92 Å². The number of benzene rings is 1. The topological polar surface area (TPSA) is 142 Å². The zero-order valence-corrected chi connectivity index (χ0v) is 22.7. The smallest absolute Gasteiger partial charge is 0.247 e. The number of carbonyl (C=O) groups is 1. The number of anilines is 2.